The Balaban J connectivity index is 1.83. The molecular weight excluding hydrogens is 518 g/mol. The van der Waals surface area contributed by atoms with Crippen LogP contribution in [-0.4, -0.2) is 80.7 Å². The fraction of sp³-hybridized carbons (Fsp3) is 0.318. The molecule has 15 nitrogen and oxygen atoms in total. The van der Waals surface area contributed by atoms with Crippen molar-refractivity contribution in [1.29, 1.82) is 0 Å². The summed E-state index contributed by atoms with van der Waals surface area (Å²) in [6, 6.07) is 0. The molecule has 16 heteroatoms. The minimum atomic E-state index is -4.23. The average molecular weight is 542 g/mol. The van der Waals surface area contributed by atoms with Crippen molar-refractivity contribution in [2.75, 3.05) is 26.1 Å². The topological polar surface area (TPSA) is 189 Å². The predicted molar refractivity (Wildman–Crippen MR) is 133 cm³/mol. The van der Waals surface area contributed by atoms with Crippen LogP contribution in [0.15, 0.2) is 41.3 Å². The van der Waals surface area contributed by atoms with Crippen LogP contribution < -0.4 is 9.46 Å². The van der Waals surface area contributed by atoms with Gasteiger partial charge in [0.1, 0.15) is 17.7 Å². The lowest BCUT2D eigenvalue weighted by molar-refractivity contribution is 0.0949. The van der Waals surface area contributed by atoms with E-state index in [9.17, 15) is 13.5 Å². The van der Waals surface area contributed by atoms with Gasteiger partial charge in [0, 0.05) is 19.5 Å². The number of nitrogens with zero attached hydrogens (tertiary/aromatic N) is 8. The zero-order valence-electron chi connectivity index (χ0n) is 20.9. The minimum absolute atomic E-state index is 0.0425. The van der Waals surface area contributed by atoms with Crippen LogP contribution in [0, 0.1) is 6.92 Å². The van der Waals surface area contributed by atoms with Crippen molar-refractivity contribution < 1.29 is 27.7 Å². The number of hydrogen-bond acceptors (Lipinski definition) is 13. The van der Waals surface area contributed by atoms with E-state index >= 15 is 0 Å². The maximum absolute atomic E-state index is 13.5. The van der Waals surface area contributed by atoms with Gasteiger partial charge in [-0.25, -0.2) is 27.9 Å². The third kappa shape index (κ3) is 5.10. The van der Waals surface area contributed by atoms with Crippen LogP contribution in [0.25, 0.3) is 11.4 Å². The molecule has 0 unspecified atom stereocenters. The van der Waals surface area contributed by atoms with Crippen molar-refractivity contribution in [3.8, 4) is 17.4 Å². The number of sulfonamides is 1. The molecule has 4 rings (SSSR count). The van der Waals surface area contributed by atoms with E-state index in [2.05, 4.69) is 51.3 Å². The summed E-state index contributed by atoms with van der Waals surface area (Å²) in [5.41, 5.74) is 6.22. The van der Waals surface area contributed by atoms with Crippen LogP contribution >= 0.6 is 0 Å². The van der Waals surface area contributed by atoms with E-state index in [0.29, 0.717) is 0 Å². The van der Waals surface area contributed by atoms with Crippen LogP contribution in [-0.2, 0) is 19.5 Å². The first-order valence-corrected chi connectivity index (χ1v) is 12.5. The quantitative estimate of drug-likeness (QED) is 0.368. The highest BCUT2D eigenvalue weighted by atomic mass is 32.2. The van der Waals surface area contributed by atoms with Crippen LogP contribution in [0.2, 0.25) is 0 Å². The molecule has 4 heterocycles. The van der Waals surface area contributed by atoms with Crippen molar-refractivity contribution in [1.82, 2.24) is 34.7 Å². The van der Waals surface area contributed by atoms with Gasteiger partial charge in [-0.3, -0.25) is 4.72 Å². The molecule has 0 aromatic carbocycles. The van der Waals surface area contributed by atoms with E-state index in [-0.39, 0.29) is 40.8 Å². The van der Waals surface area contributed by atoms with Crippen LogP contribution in [0.4, 0.5) is 5.95 Å². The fourth-order valence-corrected chi connectivity index (χ4v) is 4.53. The smallest absolute Gasteiger partial charge is 0.245 e. The molecule has 0 bridgehead atoms. The molecule has 0 spiro atoms. The number of methoxy groups -OCH3 is 3. The van der Waals surface area contributed by atoms with E-state index in [1.807, 2.05) is 0 Å². The fourth-order valence-electron chi connectivity index (χ4n) is 3.40. The first-order chi connectivity index (χ1) is 18.2. The lowest BCUT2D eigenvalue weighted by Gasteiger charge is -2.22. The molecule has 198 valence electrons. The van der Waals surface area contributed by atoms with E-state index in [0.717, 1.165) is 16.5 Å². The first kappa shape index (κ1) is 26.4. The van der Waals surface area contributed by atoms with Gasteiger partial charge in [-0.15, -0.1) is 10.2 Å². The maximum Gasteiger partial charge on any atom is 0.245 e. The standard InChI is InChI=1S/C22H23N9O6S/c1-12-9-23-18(24-10-12)17(36-4)13(2)38(33,34)30-22-29-28-19(14-7-6-8-15(27-14)35-3)31(22)16-20(32)25-11-26-21(16)37-5/h8-11,13,17H,1-5H3,(H,29,30)(H,25,26,32)/t13-,17-/m0/s1. The molecule has 0 saturated carbocycles. The summed E-state index contributed by atoms with van der Waals surface area (Å²) in [5.74, 6) is -0.639. The second-order valence-electron chi connectivity index (χ2n) is 7.78. The molecule has 2 atom stereocenters. The highest BCUT2D eigenvalue weighted by Crippen LogP contribution is 2.34. The Bertz CT molecular complexity index is 1590. The van der Waals surface area contributed by atoms with Gasteiger partial charge in [0.15, 0.2) is 23.0 Å². The summed E-state index contributed by atoms with van der Waals surface area (Å²) in [4.78, 5) is 20.4. The number of hydrogen-bond donors (Lipinski definition) is 2. The van der Waals surface area contributed by atoms with Gasteiger partial charge in [0.25, 0.3) is 0 Å². The molecule has 3 aromatic rings. The van der Waals surface area contributed by atoms with Crippen LogP contribution in [0.3, 0.4) is 0 Å². The molecular formula is C22H23N9O6S. The van der Waals surface area contributed by atoms with Crippen molar-refractivity contribution in [2.24, 2.45) is 4.99 Å². The molecule has 1 aliphatic heterocycles. The Labute approximate surface area is 217 Å². The Morgan fingerprint density at radius 3 is 2.47 bits per heavy atom. The second-order valence-corrected chi connectivity index (χ2v) is 9.82. The molecule has 0 saturated heterocycles. The summed E-state index contributed by atoms with van der Waals surface area (Å²) < 4.78 is 46.4. The average Bonchev–Trinajstić information content (AvgIpc) is 3.32. The van der Waals surface area contributed by atoms with Gasteiger partial charge in [-0.1, -0.05) is 5.73 Å². The molecule has 2 N–H and O–H groups in total. The number of nitrogens with one attached hydrogen (secondary N) is 1. The number of ether oxygens (including phenoxy) is 3. The van der Waals surface area contributed by atoms with E-state index < -0.39 is 27.3 Å². The molecule has 0 fully saturated rings. The van der Waals surface area contributed by atoms with E-state index in [1.165, 1.54) is 34.3 Å². The van der Waals surface area contributed by atoms with Crippen LogP contribution in [0.1, 0.15) is 30.2 Å². The van der Waals surface area contributed by atoms with Crippen molar-refractivity contribution in [3.05, 3.63) is 53.5 Å². The Hall–Kier alpha value is -4.62. The first-order valence-electron chi connectivity index (χ1n) is 10.9. The molecule has 0 amide bonds. The maximum atomic E-state index is 13.5. The Morgan fingerprint density at radius 1 is 1.08 bits per heavy atom. The van der Waals surface area contributed by atoms with E-state index in [1.54, 1.807) is 19.3 Å². The summed E-state index contributed by atoms with van der Waals surface area (Å²) in [6.45, 7) is 3.23. The van der Waals surface area contributed by atoms with Crippen molar-refractivity contribution in [2.45, 2.75) is 25.2 Å². The number of aryl methyl sites for hydroxylation is 1. The van der Waals surface area contributed by atoms with Gasteiger partial charge in [0.05, 0.1) is 20.3 Å². The lowest BCUT2D eigenvalue weighted by Crippen LogP contribution is -2.33. The lowest BCUT2D eigenvalue weighted by atomic mass is 10.2. The van der Waals surface area contributed by atoms with Crippen LogP contribution in [0.5, 0.6) is 11.8 Å². The zero-order valence-corrected chi connectivity index (χ0v) is 21.8. The molecule has 0 radical (unpaired) electrons. The Morgan fingerprint density at radius 2 is 1.82 bits per heavy atom. The monoisotopic (exact) mass is 541 g/mol. The number of aromatic nitrogens is 7. The van der Waals surface area contributed by atoms with Gasteiger partial charge >= 0.3 is 0 Å². The zero-order chi connectivity index (χ0) is 27.4. The molecule has 0 aliphatic carbocycles. The summed E-state index contributed by atoms with van der Waals surface area (Å²) in [7, 11) is -0.152. The molecule has 1 aliphatic rings. The van der Waals surface area contributed by atoms with Gasteiger partial charge in [-0.2, -0.15) is 9.97 Å². The molecule has 3 aromatic heterocycles. The van der Waals surface area contributed by atoms with Gasteiger partial charge < -0.3 is 19.3 Å². The largest absolute Gasteiger partial charge is 0.492 e. The highest BCUT2D eigenvalue weighted by molar-refractivity contribution is 7.93. The summed E-state index contributed by atoms with van der Waals surface area (Å²) in [5, 5.41) is 17.5. The van der Waals surface area contributed by atoms with Gasteiger partial charge in [0.2, 0.25) is 33.6 Å². The second kappa shape index (κ2) is 10.8. The minimum Gasteiger partial charge on any atom is -0.492 e. The molecule has 38 heavy (non-hydrogen) atoms. The Kier molecular flexibility index (Phi) is 7.50. The van der Waals surface area contributed by atoms with E-state index in [4.69, 9.17) is 14.2 Å². The SMILES string of the molecule is COC1=NC(c2nnc(NS(=O)(=O)[C@@H](C)[C@H](OC)c3ncc(C)cn3)n2-c2c(O)ncnc2OC)=C=C=C1. The number of aromatic hydroxyl groups is 1. The number of aliphatic imine (C=N–C) groups is 1. The van der Waals surface area contributed by atoms with Crippen molar-refractivity contribution in [3.63, 3.8) is 0 Å². The predicted octanol–water partition coefficient (Wildman–Crippen LogP) is 1.10. The summed E-state index contributed by atoms with van der Waals surface area (Å²) >= 11 is 0. The number of rotatable bonds is 9. The van der Waals surface area contributed by atoms with Crippen molar-refractivity contribution >= 4 is 27.6 Å². The normalized spacial score (nSPS) is 14.4. The third-order valence-corrected chi connectivity index (χ3v) is 7.03. The number of anilines is 1. The third-order valence-electron chi connectivity index (χ3n) is 5.34. The summed E-state index contributed by atoms with van der Waals surface area (Å²) in [6.07, 6.45) is 4.61. The highest BCUT2D eigenvalue weighted by Gasteiger charge is 2.35. The van der Waals surface area contributed by atoms with Gasteiger partial charge in [-0.05, 0) is 25.1 Å².